The number of ether oxygens (including phenoxy) is 1. The lowest BCUT2D eigenvalue weighted by atomic mass is 9.94. The number of halogens is 1. The molecule has 132 valence electrons. The van der Waals surface area contributed by atoms with Crippen LogP contribution in [-0.4, -0.2) is 59.0 Å². The molecule has 7 nitrogen and oxygen atoms in total. The van der Waals surface area contributed by atoms with Crippen molar-refractivity contribution in [2.75, 3.05) is 42.7 Å². The van der Waals surface area contributed by atoms with Gasteiger partial charge in [-0.1, -0.05) is 24.3 Å². The molecule has 0 saturated carbocycles. The van der Waals surface area contributed by atoms with E-state index in [4.69, 9.17) is 16.3 Å². The fraction of sp³-hybridized carbons (Fsp3) is 0.471. The lowest BCUT2D eigenvalue weighted by Gasteiger charge is -2.36. The number of aliphatic hydroxyl groups excluding tert-OH is 1. The van der Waals surface area contributed by atoms with Crippen molar-refractivity contribution in [1.29, 1.82) is 0 Å². The zero-order chi connectivity index (χ0) is 17.2. The minimum atomic E-state index is -0.0779. The van der Waals surface area contributed by atoms with Crippen molar-refractivity contribution in [3.05, 3.63) is 40.7 Å². The van der Waals surface area contributed by atoms with Crippen molar-refractivity contribution in [2.45, 2.75) is 19.0 Å². The maximum atomic E-state index is 9.86. The number of anilines is 2. The van der Waals surface area contributed by atoms with Crippen molar-refractivity contribution < 1.29 is 9.84 Å². The lowest BCUT2D eigenvalue weighted by Crippen LogP contribution is -2.44. The molecule has 0 bridgehead atoms. The molecule has 3 heterocycles. The molecule has 25 heavy (non-hydrogen) atoms. The Bertz CT molecular complexity index is 754. The molecule has 0 radical (unpaired) electrons. The van der Waals surface area contributed by atoms with E-state index >= 15 is 0 Å². The molecule has 2 aromatic rings. The first-order valence-electron chi connectivity index (χ1n) is 8.43. The van der Waals surface area contributed by atoms with Crippen molar-refractivity contribution in [2.24, 2.45) is 0 Å². The van der Waals surface area contributed by atoms with Crippen LogP contribution >= 0.6 is 11.6 Å². The van der Waals surface area contributed by atoms with E-state index in [0.29, 0.717) is 31.7 Å². The molecule has 1 saturated heterocycles. The van der Waals surface area contributed by atoms with Crippen LogP contribution in [0, 0.1) is 0 Å². The van der Waals surface area contributed by atoms with Crippen molar-refractivity contribution in [3.63, 3.8) is 0 Å². The van der Waals surface area contributed by atoms with Gasteiger partial charge in [0.1, 0.15) is 0 Å². The molecule has 4 rings (SSSR count). The highest BCUT2D eigenvalue weighted by Gasteiger charge is 2.28. The number of hydrogen-bond donors (Lipinski definition) is 1. The standard InChI is InChI=1S/C17H20ClN5O2/c18-15-19-16(22-5-7-25-8-6-22)21-17(20-15)23-10-13-4-2-1-3-12(13)9-14(23)11-24/h1-4,14,24H,5-11H2. The molecule has 1 fully saturated rings. The number of rotatable bonds is 3. The third-order valence-electron chi connectivity index (χ3n) is 4.70. The highest BCUT2D eigenvalue weighted by molar-refractivity contribution is 6.28. The molecule has 0 aliphatic carbocycles. The van der Waals surface area contributed by atoms with Gasteiger partial charge in [-0.25, -0.2) is 0 Å². The Morgan fingerprint density at radius 2 is 1.80 bits per heavy atom. The summed E-state index contributed by atoms with van der Waals surface area (Å²) in [6.45, 7) is 3.43. The van der Waals surface area contributed by atoms with Crippen LogP contribution in [0.15, 0.2) is 24.3 Å². The summed E-state index contributed by atoms with van der Waals surface area (Å²) in [5, 5.41) is 10.0. The van der Waals surface area contributed by atoms with Crippen molar-refractivity contribution >= 4 is 23.5 Å². The third-order valence-corrected chi connectivity index (χ3v) is 4.87. The average molecular weight is 362 g/mol. The first kappa shape index (κ1) is 16.5. The molecule has 1 N–H and O–H groups in total. The van der Waals surface area contributed by atoms with Gasteiger partial charge in [0, 0.05) is 19.6 Å². The Balaban J connectivity index is 1.67. The van der Waals surface area contributed by atoms with Crippen LogP contribution < -0.4 is 9.80 Å². The van der Waals surface area contributed by atoms with E-state index < -0.39 is 0 Å². The second-order valence-electron chi connectivity index (χ2n) is 6.24. The number of benzene rings is 1. The number of hydrogen-bond acceptors (Lipinski definition) is 7. The highest BCUT2D eigenvalue weighted by Crippen LogP contribution is 2.28. The zero-order valence-electron chi connectivity index (χ0n) is 13.8. The van der Waals surface area contributed by atoms with Gasteiger partial charge in [0.2, 0.25) is 17.2 Å². The van der Waals surface area contributed by atoms with Crippen LogP contribution in [0.25, 0.3) is 0 Å². The van der Waals surface area contributed by atoms with Gasteiger partial charge in [0.25, 0.3) is 0 Å². The van der Waals surface area contributed by atoms with Gasteiger partial charge in [0.05, 0.1) is 25.9 Å². The second-order valence-corrected chi connectivity index (χ2v) is 6.58. The molecule has 1 aromatic heterocycles. The van der Waals surface area contributed by atoms with Gasteiger partial charge < -0.3 is 19.6 Å². The van der Waals surface area contributed by atoms with Crippen molar-refractivity contribution in [1.82, 2.24) is 15.0 Å². The maximum absolute atomic E-state index is 9.86. The van der Waals surface area contributed by atoms with Crippen LogP contribution in [0.5, 0.6) is 0 Å². The minimum absolute atomic E-state index is 0.0323. The van der Waals surface area contributed by atoms with Crippen LogP contribution in [0.4, 0.5) is 11.9 Å². The number of aliphatic hydroxyl groups is 1. The van der Waals surface area contributed by atoms with Gasteiger partial charge in [-0.3, -0.25) is 0 Å². The normalized spacial score (nSPS) is 20.5. The Morgan fingerprint density at radius 1 is 1.08 bits per heavy atom. The van der Waals surface area contributed by atoms with Crippen LogP contribution in [0.3, 0.4) is 0 Å². The molecule has 8 heteroatoms. The molecular weight excluding hydrogens is 342 g/mol. The predicted molar refractivity (Wildman–Crippen MR) is 95.1 cm³/mol. The molecule has 1 atom stereocenters. The van der Waals surface area contributed by atoms with Gasteiger partial charge in [-0.2, -0.15) is 15.0 Å². The summed E-state index contributed by atoms with van der Waals surface area (Å²) in [6.07, 6.45) is 0.753. The van der Waals surface area contributed by atoms with E-state index in [-0.39, 0.29) is 17.9 Å². The van der Waals surface area contributed by atoms with Gasteiger partial charge in [-0.15, -0.1) is 0 Å². The van der Waals surface area contributed by atoms with E-state index in [0.717, 1.165) is 19.5 Å². The largest absolute Gasteiger partial charge is 0.394 e. The maximum Gasteiger partial charge on any atom is 0.232 e. The van der Waals surface area contributed by atoms with E-state index in [1.807, 2.05) is 21.9 Å². The Morgan fingerprint density at radius 3 is 2.56 bits per heavy atom. The molecule has 2 aliphatic heterocycles. The van der Waals surface area contributed by atoms with E-state index in [1.165, 1.54) is 11.1 Å². The molecule has 1 unspecified atom stereocenters. The molecule has 1 aromatic carbocycles. The van der Waals surface area contributed by atoms with Crippen molar-refractivity contribution in [3.8, 4) is 0 Å². The Hall–Kier alpha value is -1.96. The van der Waals surface area contributed by atoms with Crippen LogP contribution in [-0.2, 0) is 17.7 Å². The number of aromatic nitrogens is 3. The van der Waals surface area contributed by atoms with Gasteiger partial charge in [-0.05, 0) is 29.1 Å². The molecule has 2 aliphatic rings. The lowest BCUT2D eigenvalue weighted by molar-refractivity contribution is 0.122. The monoisotopic (exact) mass is 361 g/mol. The fourth-order valence-electron chi connectivity index (χ4n) is 3.35. The van der Waals surface area contributed by atoms with Crippen LogP contribution in [0.1, 0.15) is 11.1 Å². The summed E-state index contributed by atoms with van der Waals surface area (Å²) in [5.41, 5.74) is 2.48. The third kappa shape index (κ3) is 3.40. The minimum Gasteiger partial charge on any atom is -0.394 e. The summed E-state index contributed by atoms with van der Waals surface area (Å²) in [7, 11) is 0. The predicted octanol–water partition coefficient (Wildman–Crippen LogP) is 1.29. The SMILES string of the molecule is OCC1Cc2ccccc2CN1c1nc(Cl)nc(N2CCOCC2)n1. The topological polar surface area (TPSA) is 74.6 Å². The summed E-state index contributed by atoms with van der Waals surface area (Å²) in [4.78, 5) is 17.3. The number of nitrogens with zero attached hydrogens (tertiary/aromatic N) is 5. The Kier molecular flexibility index (Phi) is 4.70. The molecule has 0 amide bonds. The number of fused-ring (bicyclic) bond motifs is 1. The molecular formula is C17H20ClN5O2. The van der Waals surface area contributed by atoms with Crippen LogP contribution in [0.2, 0.25) is 5.28 Å². The number of morpholine rings is 1. The van der Waals surface area contributed by atoms with Gasteiger partial charge in [0.15, 0.2) is 0 Å². The van der Waals surface area contributed by atoms with E-state index in [9.17, 15) is 5.11 Å². The quantitative estimate of drug-likeness (QED) is 0.882. The van der Waals surface area contributed by atoms with E-state index in [1.54, 1.807) is 0 Å². The highest BCUT2D eigenvalue weighted by atomic mass is 35.5. The smallest absolute Gasteiger partial charge is 0.232 e. The first-order valence-corrected chi connectivity index (χ1v) is 8.81. The molecule has 0 spiro atoms. The summed E-state index contributed by atoms with van der Waals surface area (Å²) < 4.78 is 5.38. The summed E-state index contributed by atoms with van der Waals surface area (Å²) in [5.74, 6) is 1.07. The fourth-order valence-corrected chi connectivity index (χ4v) is 3.50. The summed E-state index contributed by atoms with van der Waals surface area (Å²) >= 11 is 6.17. The summed E-state index contributed by atoms with van der Waals surface area (Å²) in [6, 6.07) is 8.18. The zero-order valence-corrected chi connectivity index (χ0v) is 14.6. The van der Waals surface area contributed by atoms with E-state index in [2.05, 4.69) is 27.1 Å². The Labute approximate surface area is 151 Å². The average Bonchev–Trinajstić information content (AvgIpc) is 2.67. The first-order chi connectivity index (χ1) is 12.2. The second kappa shape index (κ2) is 7.11. The van der Waals surface area contributed by atoms with Gasteiger partial charge >= 0.3 is 0 Å².